The molecule has 0 amide bonds. The SMILES string of the molecule is CC1(C)C=Cc2cc3ccc4cccc5ccc(c2C=C1)c3c45. The summed E-state index contributed by atoms with van der Waals surface area (Å²) in [6, 6.07) is 18.0. The molecule has 0 unspecified atom stereocenters. The zero-order valence-electron chi connectivity index (χ0n) is 13.4. The maximum Gasteiger partial charge on any atom is 0.00111 e. The Hall–Kier alpha value is -2.60. The summed E-state index contributed by atoms with van der Waals surface area (Å²) in [6.45, 7) is 4.50. The topological polar surface area (TPSA) is 0 Å². The number of rotatable bonds is 0. The highest BCUT2D eigenvalue weighted by Crippen LogP contribution is 2.39. The van der Waals surface area contributed by atoms with Crippen molar-refractivity contribution in [1.29, 1.82) is 0 Å². The molecule has 1 aliphatic carbocycles. The van der Waals surface area contributed by atoms with Crippen LogP contribution in [-0.2, 0) is 0 Å². The Kier molecular flexibility index (Phi) is 2.37. The van der Waals surface area contributed by atoms with Crippen LogP contribution in [0.3, 0.4) is 0 Å². The van der Waals surface area contributed by atoms with Gasteiger partial charge >= 0.3 is 0 Å². The Morgan fingerprint density at radius 1 is 0.696 bits per heavy atom. The molecule has 110 valence electrons. The molecule has 5 rings (SSSR count). The summed E-state index contributed by atoms with van der Waals surface area (Å²) >= 11 is 0. The monoisotopic (exact) mass is 294 g/mol. The van der Waals surface area contributed by atoms with Crippen molar-refractivity contribution in [2.45, 2.75) is 13.8 Å². The number of hydrogen-bond donors (Lipinski definition) is 0. The summed E-state index contributed by atoms with van der Waals surface area (Å²) in [5.74, 6) is 0. The van der Waals surface area contributed by atoms with Crippen LogP contribution in [0.5, 0.6) is 0 Å². The van der Waals surface area contributed by atoms with Crippen molar-refractivity contribution >= 4 is 44.5 Å². The fraction of sp³-hybridized carbons (Fsp3) is 0.130. The van der Waals surface area contributed by atoms with E-state index in [1.807, 2.05) is 0 Å². The predicted octanol–water partition coefficient (Wildman–Crippen LogP) is 6.65. The maximum absolute atomic E-state index is 2.34. The zero-order valence-corrected chi connectivity index (χ0v) is 13.4. The van der Waals surface area contributed by atoms with E-state index < -0.39 is 0 Å². The first-order valence-electron chi connectivity index (χ1n) is 8.21. The minimum Gasteiger partial charge on any atom is -0.0745 e. The largest absolute Gasteiger partial charge is 0.0745 e. The second-order valence-corrected chi connectivity index (χ2v) is 7.22. The summed E-state index contributed by atoms with van der Waals surface area (Å²) in [5, 5.41) is 8.15. The van der Waals surface area contributed by atoms with Gasteiger partial charge in [-0.3, -0.25) is 0 Å². The summed E-state index contributed by atoms with van der Waals surface area (Å²) in [7, 11) is 0. The Bertz CT molecular complexity index is 1110. The molecule has 0 bridgehead atoms. The third-order valence-corrected chi connectivity index (χ3v) is 5.09. The lowest BCUT2D eigenvalue weighted by atomic mass is 9.89. The van der Waals surface area contributed by atoms with Gasteiger partial charge in [-0.05, 0) is 49.5 Å². The molecule has 0 spiro atoms. The van der Waals surface area contributed by atoms with Crippen molar-refractivity contribution in [3.8, 4) is 0 Å². The van der Waals surface area contributed by atoms with E-state index in [-0.39, 0.29) is 5.41 Å². The van der Waals surface area contributed by atoms with Gasteiger partial charge in [-0.2, -0.15) is 0 Å². The standard InChI is InChI=1S/C23H18/c1-23(2)12-10-17-14-18-7-6-15-4-3-5-16-8-9-20(19(17)11-13-23)22(18)21(15)16/h3-14H,1-2H3. The molecule has 0 heteroatoms. The molecule has 0 fully saturated rings. The van der Waals surface area contributed by atoms with Crippen LogP contribution < -0.4 is 0 Å². The smallest absolute Gasteiger partial charge is 0.00111 e. The molecule has 0 aliphatic heterocycles. The molecule has 0 aromatic heterocycles. The Balaban J connectivity index is 2.02. The van der Waals surface area contributed by atoms with Crippen molar-refractivity contribution in [2.75, 3.05) is 0 Å². The fourth-order valence-electron chi connectivity index (χ4n) is 3.84. The molecule has 4 aromatic rings. The third-order valence-electron chi connectivity index (χ3n) is 5.09. The van der Waals surface area contributed by atoms with Crippen molar-refractivity contribution < 1.29 is 0 Å². The van der Waals surface area contributed by atoms with Crippen LogP contribution in [0, 0.1) is 5.41 Å². The molecule has 0 nitrogen and oxygen atoms in total. The van der Waals surface area contributed by atoms with E-state index in [1.54, 1.807) is 0 Å². The van der Waals surface area contributed by atoms with Crippen LogP contribution in [0.2, 0.25) is 0 Å². The van der Waals surface area contributed by atoms with Gasteiger partial charge in [0.05, 0.1) is 0 Å². The van der Waals surface area contributed by atoms with Gasteiger partial charge in [-0.15, -0.1) is 0 Å². The molecule has 0 heterocycles. The lowest BCUT2D eigenvalue weighted by Gasteiger charge is -2.14. The number of allylic oxidation sites excluding steroid dienone is 2. The number of fused-ring (bicyclic) bond motifs is 2. The van der Waals surface area contributed by atoms with Gasteiger partial charge in [-0.25, -0.2) is 0 Å². The lowest BCUT2D eigenvalue weighted by molar-refractivity contribution is 0.633. The Labute approximate surface area is 136 Å². The molecule has 23 heavy (non-hydrogen) atoms. The Morgan fingerprint density at radius 3 is 2.22 bits per heavy atom. The first-order valence-corrected chi connectivity index (χ1v) is 8.21. The first kappa shape index (κ1) is 12.9. The molecule has 0 atom stereocenters. The lowest BCUT2D eigenvalue weighted by Crippen LogP contribution is -1.99. The molecule has 0 N–H and O–H groups in total. The highest BCUT2D eigenvalue weighted by Gasteiger charge is 2.16. The second-order valence-electron chi connectivity index (χ2n) is 7.22. The highest BCUT2D eigenvalue weighted by molar-refractivity contribution is 6.24. The van der Waals surface area contributed by atoms with Crippen LogP contribution in [0.25, 0.3) is 44.5 Å². The number of hydrogen-bond acceptors (Lipinski definition) is 0. The van der Waals surface area contributed by atoms with E-state index >= 15 is 0 Å². The van der Waals surface area contributed by atoms with E-state index in [1.165, 1.54) is 43.4 Å². The zero-order chi connectivity index (χ0) is 15.6. The minimum absolute atomic E-state index is 0.101. The van der Waals surface area contributed by atoms with Crippen molar-refractivity contribution in [1.82, 2.24) is 0 Å². The van der Waals surface area contributed by atoms with E-state index in [0.717, 1.165) is 0 Å². The van der Waals surface area contributed by atoms with E-state index in [2.05, 4.69) is 86.7 Å². The molecule has 1 aliphatic rings. The number of benzene rings is 4. The molecular formula is C23H18. The Morgan fingerprint density at radius 2 is 1.39 bits per heavy atom. The molecule has 0 saturated carbocycles. The van der Waals surface area contributed by atoms with Crippen LogP contribution in [0.4, 0.5) is 0 Å². The molecule has 4 aromatic carbocycles. The maximum atomic E-state index is 2.34. The average molecular weight is 294 g/mol. The van der Waals surface area contributed by atoms with Gasteiger partial charge in [0.2, 0.25) is 0 Å². The van der Waals surface area contributed by atoms with E-state index in [9.17, 15) is 0 Å². The molecule has 0 radical (unpaired) electrons. The summed E-state index contributed by atoms with van der Waals surface area (Å²) < 4.78 is 0. The minimum atomic E-state index is 0.101. The average Bonchev–Trinajstić information content (AvgIpc) is 2.71. The molecule has 0 saturated heterocycles. The van der Waals surface area contributed by atoms with Crippen LogP contribution in [0.1, 0.15) is 25.0 Å². The highest BCUT2D eigenvalue weighted by atomic mass is 14.2. The van der Waals surface area contributed by atoms with Gasteiger partial charge in [0.1, 0.15) is 0 Å². The quantitative estimate of drug-likeness (QED) is 0.318. The predicted molar refractivity (Wildman–Crippen MR) is 102 cm³/mol. The van der Waals surface area contributed by atoms with Gasteiger partial charge in [0, 0.05) is 5.41 Å². The molecular weight excluding hydrogens is 276 g/mol. The van der Waals surface area contributed by atoms with Gasteiger partial charge < -0.3 is 0 Å². The van der Waals surface area contributed by atoms with E-state index in [0.29, 0.717) is 0 Å². The van der Waals surface area contributed by atoms with Crippen LogP contribution >= 0.6 is 0 Å². The second kappa shape index (κ2) is 4.23. The summed E-state index contributed by atoms with van der Waals surface area (Å²) in [6.07, 6.45) is 9.20. The van der Waals surface area contributed by atoms with E-state index in [4.69, 9.17) is 0 Å². The van der Waals surface area contributed by atoms with Crippen molar-refractivity contribution in [3.63, 3.8) is 0 Å². The van der Waals surface area contributed by atoms with Crippen LogP contribution in [-0.4, -0.2) is 0 Å². The van der Waals surface area contributed by atoms with Gasteiger partial charge in [0.15, 0.2) is 0 Å². The van der Waals surface area contributed by atoms with Crippen LogP contribution in [0.15, 0.2) is 60.7 Å². The summed E-state index contributed by atoms with van der Waals surface area (Å²) in [4.78, 5) is 0. The van der Waals surface area contributed by atoms with Gasteiger partial charge in [-0.1, -0.05) is 80.6 Å². The van der Waals surface area contributed by atoms with Gasteiger partial charge in [0.25, 0.3) is 0 Å². The normalized spacial score (nSPS) is 16.3. The van der Waals surface area contributed by atoms with Crippen molar-refractivity contribution in [2.24, 2.45) is 5.41 Å². The third kappa shape index (κ3) is 1.78. The first-order chi connectivity index (χ1) is 11.1. The fourth-order valence-corrected chi connectivity index (χ4v) is 3.84. The van der Waals surface area contributed by atoms with Crippen molar-refractivity contribution in [3.05, 3.63) is 71.8 Å². The summed E-state index contributed by atoms with van der Waals surface area (Å²) in [5.41, 5.74) is 2.76.